The van der Waals surface area contributed by atoms with E-state index in [0.29, 0.717) is 18.9 Å². The van der Waals surface area contributed by atoms with E-state index in [9.17, 15) is 4.39 Å². The molecule has 0 atom stereocenters. The fraction of sp³-hybridized carbons (Fsp3) is 0.500. The molecule has 15 heavy (non-hydrogen) atoms. The van der Waals surface area contributed by atoms with E-state index >= 15 is 0 Å². The fourth-order valence-corrected chi connectivity index (χ4v) is 1.34. The van der Waals surface area contributed by atoms with E-state index in [4.69, 9.17) is 4.74 Å². The molecular formula is C12H18FNO. The first-order chi connectivity index (χ1) is 7.27. The normalized spacial score (nSPS) is 10.3. The van der Waals surface area contributed by atoms with E-state index in [2.05, 4.69) is 12.2 Å². The number of hydrogen-bond donors (Lipinski definition) is 1. The zero-order chi connectivity index (χ0) is 11.1. The summed E-state index contributed by atoms with van der Waals surface area (Å²) in [6, 6.07) is 5.09. The van der Waals surface area contributed by atoms with Gasteiger partial charge in [0.05, 0.1) is 6.61 Å². The number of benzene rings is 1. The van der Waals surface area contributed by atoms with Crippen molar-refractivity contribution >= 4 is 0 Å². The highest BCUT2D eigenvalue weighted by atomic mass is 19.1. The minimum absolute atomic E-state index is 0.285. The summed E-state index contributed by atoms with van der Waals surface area (Å²) < 4.78 is 18.5. The van der Waals surface area contributed by atoms with E-state index in [0.717, 1.165) is 18.5 Å². The first-order valence-corrected chi connectivity index (χ1v) is 5.39. The molecule has 3 heteroatoms. The quantitative estimate of drug-likeness (QED) is 0.730. The third kappa shape index (κ3) is 3.88. The maximum absolute atomic E-state index is 13.4. The molecule has 0 aliphatic carbocycles. The Kier molecular flexibility index (Phi) is 5.12. The SMILES string of the molecule is CCCNCc1ccc(OCC)c(F)c1. The van der Waals surface area contributed by atoms with Crippen LogP contribution in [0.3, 0.4) is 0 Å². The van der Waals surface area contributed by atoms with Crippen LogP contribution in [0.1, 0.15) is 25.8 Å². The van der Waals surface area contributed by atoms with Gasteiger partial charge in [0.1, 0.15) is 0 Å². The number of hydrogen-bond acceptors (Lipinski definition) is 2. The van der Waals surface area contributed by atoms with Crippen molar-refractivity contribution < 1.29 is 9.13 Å². The van der Waals surface area contributed by atoms with E-state index in [1.807, 2.05) is 13.0 Å². The van der Waals surface area contributed by atoms with Crippen LogP contribution >= 0.6 is 0 Å². The van der Waals surface area contributed by atoms with Crippen LogP contribution in [0.2, 0.25) is 0 Å². The van der Waals surface area contributed by atoms with Crippen LogP contribution < -0.4 is 10.1 Å². The van der Waals surface area contributed by atoms with Gasteiger partial charge >= 0.3 is 0 Å². The summed E-state index contributed by atoms with van der Waals surface area (Å²) >= 11 is 0. The van der Waals surface area contributed by atoms with E-state index in [1.165, 1.54) is 6.07 Å². The summed E-state index contributed by atoms with van der Waals surface area (Å²) in [7, 11) is 0. The van der Waals surface area contributed by atoms with Crippen molar-refractivity contribution in [2.24, 2.45) is 0 Å². The van der Waals surface area contributed by atoms with E-state index in [1.54, 1.807) is 6.07 Å². The second kappa shape index (κ2) is 6.40. The lowest BCUT2D eigenvalue weighted by Crippen LogP contribution is -2.13. The molecule has 1 N–H and O–H groups in total. The van der Waals surface area contributed by atoms with Crippen LogP contribution in [0, 0.1) is 5.82 Å². The van der Waals surface area contributed by atoms with Crippen LogP contribution in [0.25, 0.3) is 0 Å². The maximum atomic E-state index is 13.4. The zero-order valence-electron chi connectivity index (χ0n) is 9.35. The number of rotatable bonds is 6. The van der Waals surface area contributed by atoms with Crippen molar-refractivity contribution in [2.45, 2.75) is 26.8 Å². The largest absolute Gasteiger partial charge is 0.491 e. The topological polar surface area (TPSA) is 21.3 Å². The van der Waals surface area contributed by atoms with Gasteiger partial charge in [0.15, 0.2) is 11.6 Å². The van der Waals surface area contributed by atoms with Gasteiger partial charge in [-0.3, -0.25) is 0 Å². The molecular weight excluding hydrogens is 193 g/mol. The van der Waals surface area contributed by atoms with E-state index < -0.39 is 0 Å². The Bertz CT molecular complexity index is 302. The standard InChI is InChI=1S/C12H18FNO/c1-3-7-14-9-10-5-6-12(15-4-2)11(13)8-10/h5-6,8,14H,3-4,7,9H2,1-2H3. The molecule has 0 heterocycles. The number of halogens is 1. The molecule has 0 saturated carbocycles. The molecule has 0 bridgehead atoms. The Hall–Kier alpha value is -1.09. The molecule has 0 saturated heterocycles. The highest BCUT2D eigenvalue weighted by Gasteiger charge is 2.03. The Morgan fingerprint density at radius 2 is 2.13 bits per heavy atom. The van der Waals surface area contributed by atoms with Crippen LogP contribution in [-0.2, 0) is 6.54 Å². The smallest absolute Gasteiger partial charge is 0.165 e. The summed E-state index contributed by atoms with van der Waals surface area (Å²) in [6.45, 7) is 6.10. The van der Waals surface area contributed by atoms with Gasteiger partial charge in [-0.2, -0.15) is 0 Å². The highest BCUT2D eigenvalue weighted by molar-refractivity contribution is 5.29. The molecule has 0 fully saturated rings. The zero-order valence-corrected chi connectivity index (χ0v) is 9.35. The van der Waals surface area contributed by atoms with Crippen molar-refractivity contribution in [3.8, 4) is 5.75 Å². The molecule has 84 valence electrons. The highest BCUT2D eigenvalue weighted by Crippen LogP contribution is 2.18. The predicted octanol–water partition coefficient (Wildman–Crippen LogP) is 2.72. The van der Waals surface area contributed by atoms with Gasteiger partial charge in [-0.05, 0) is 37.6 Å². The summed E-state index contributed by atoms with van der Waals surface area (Å²) in [5, 5.41) is 3.22. The van der Waals surface area contributed by atoms with Crippen molar-refractivity contribution in [3.05, 3.63) is 29.6 Å². The molecule has 0 aromatic heterocycles. The van der Waals surface area contributed by atoms with Gasteiger partial charge in [-0.1, -0.05) is 13.0 Å². The minimum Gasteiger partial charge on any atom is -0.491 e. The van der Waals surface area contributed by atoms with Crippen LogP contribution in [0.5, 0.6) is 5.75 Å². The first kappa shape index (κ1) is 12.0. The number of nitrogens with one attached hydrogen (secondary N) is 1. The first-order valence-electron chi connectivity index (χ1n) is 5.39. The summed E-state index contributed by atoms with van der Waals surface area (Å²) in [4.78, 5) is 0. The van der Waals surface area contributed by atoms with Gasteiger partial charge < -0.3 is 10.1 Å². The Morgan fingerprint density at radius 3 is 2.73 bits per heavy atom. The Balaban J connectivity index is 2.56. The molecule has 0 radical (unpaired) electrons. The Labute approximate surface area is 90.4 Å². The fourth-order valence-electron chi connectivity index (χ4n) is 1.34. The molecule has 1 aromatic rings. The second-order valence-electron chi connectivity index (χ2n) is 3.37. The summed E-state index contributed by atoms with van der Waals surface area (Å²) in [5.74, 6) is 0.0457. The monoisotopic (exact) mass is 211 g/mol. The molecule has 0 aliphatic heterocycles. The molecule has 0 spiro atoms. The van der Waals surface area contributed by atoms with Crippen molar-refractivity contribution in [3.63, 3.8) is 0 Å². The summed E-state index contributed by atoms with van der Waals surface area (Å²) in [6.07, 6.45) is 1.08. The van der Waals surface area contributed by atoms with Crippen LogP contribution in [-0.4, -0.2) is 13.2 Å². The molecule has 0 unspecified atom stereocenters. The Morgan fingerprint density at radius 1 is 1.33 bits per heavy atom. The molecule has 0 amide bonds. The minimum atomic E-state index is -0.285. The molecule has 1 rings (SSSR count). The molecule has 2 nitrogen and oxygen atoms in total. The predicted molar refractivity (Wildman–Crippen MR) is 59.6 cm³/mol. The van der Waals surface area contributed by atoms with Crippen molar-refractivity contribution in [1.82, 2.24) is 5.32 Å². The summed E-state index contributed by atoms with van der Waals surface area (Å²) in [5.41, 5.74) is 0.949. The second-order valence-corrected chi connectivity index (χ2v) is 3.37. The average Bonchev–Trinajstić information content (AvgIpc) is 2.23. The van der Waals surface area contributed by atoms with Crippen molar-refractivity contribution in [2.75, 3.05) is 13.2 Å². The van der Waals surface area contributed by atoms with Gasteiger partial charge in [0, 0.05) is 6.54 Å². The van der Waals surface area contributed by atoms with Crippen LogP contribution in [0.4, 0.5) is 4.39 Å². The van der Waals surface area contributed by atoms with Gasteiger partial charge in [0.2, 0.25) is 0 Å². The van der Waals surface area contributed by atoms with Gasteiger partial charge in [-0.25, -0.2) is 4.39 Å². The third-order valence-electron chi connectivity index (χ3n) is 2.05. The number of ether oxygens (including phenoxy) is 1. The van der Waals surface area contributed by atoms with E-state index in [-0.39, 0.29) is 5.82 Å². The van der Waals surface area contributed by atoms with Gasteiger partial charge in [-0.15, -0.1) is 0 Å². The van der Waals surface area contributed by atoms with Gasteiger partial charge in [0.25, 0.3) is 0 Å². The van der Waals surface area contributed by atoms with Crippen molar-refractivity contribution in [1.29, 1.82) is 0 Å². The average molecular weight is 211 g/mol. The lowest BCUT2D eigenvalue weighted by molar-refractivity contribution is 0.321. The third-order valence-corrected chi connectivity index (χ3v) is 2.05. The maximum Gasteiger partial charge on any atom is 0.165 e. The lowest BCUT2D eigenvalue weighted by Gasteiger charge is -2.07. The van der Waals surface area contributed by atoms with Crippen LogP contribution in [0.15, 0.2) is 18.2 Å². The molecule has 0 aliphatic rings. The molecule has 1 aromatic carbocycles. The lowest BCUT2D eigenvalue weighted by atomic mass is 10.2.